The molecular weight excluding hydrogens is 364 g/mol. The van der Waals surface area contributed by atoms with Gasteiger partial charge in [0.25, 0.3) is 0 Å². The zero-order chi connectivity index (χ0) is 19.9. The van der Waals surface area contributed by atoms with Crippen LogP contribution in [0.1, 0.15) is 38.7 Å². The Balaban J connectivity index is 1.81. The first-order chi connectivity index (χ1) is 12.9. The summed E-state index contributed by atoms with van der Waals surface area (Å²) in [6, 6.07) is 8.45. The number of aliphatic hydroxyl groups is 1. The van der Waals surface area contributed by atoms with Crippen molar-refractivity contribution in [2.75, 3.05) is 39.0 Å². The van der Waals surface area contributed by atoms with Crippen LogP contribution in [-0.4, -0.2) is 73.9 Å². The molecule has 0 saturated carbocycles. The largest absolute Gasteiger partial charge is 0.497 e. The van der Waals surface area contributed by atoms with Crippen molar-refractivity contribution < 1.29 is 18.3 Å². The van der Waals surface area contributed by atoms with Gasteiger partial charge in [0.1, 0.15) is 5.75 Å². The van der Waals surface area contributed by atoms with Crippen molar-refractivity contribution >= 4 is 10.0 Å². The molecule has 1 saturated heterocycles. The smallest absolute Gasteiger partial charge is 0.214 e. The Kier molecular flexibility index (Phi) is 8.54. The highest BCUT2D eigenvalue weighted by Gasteiger charge is 2.27. The number of sulfonamides is 1. The van der Waals surface area contributed by atoms with Crippen LogP contribution >= 0.6 is 0 Å². The Labute approximate surface area is 164 Å². The molecule has 6 nitrogen and oxygen atoms in total. The maximum absolute atomic E-state index is 12.5. The van der Waals surface area contributed by atoms with Crippen molar-refractivity contribution in [3.63, 3.8) is 0 Å². The molecule has 7 heteroatoms. The SMILES string of the molecule is CCN(CCCS(=O)(=O)N1CCC(O)CC1)C(C)Cc1ccc(OC)cc1. The van der Waals surface area contributed by atoms with Crippen LogP contribution < -0.4 is 4.74 Å². The highest BCUT2D eigenvalue weighted by Crippen LogP contribution is 2.17. The minimum absolute atomic E-state index is 0.175. The number of benzene rings is 1. The lowest BCUT2D eigenvalue weighted by Gasteiger charge is -2.30. The van der Waals surface area contributed by atoms with Crippen LogP contribution in [-0.2, 0) is 16.4 Å². The van der Waals surface area contributed by atoms with Gasteiger partial charge in [-0.15, -0.1) is 0 Å². The molecule has 0 spiro atoms. The van der Waals surface area contributed by atoms with Crippen LogP contribution in [0.5, 0.6) is 5.75 Å². The van der Waals surface area contributed by atoms with Crippen molar-refractivity contribution in [2.24, 2.45) is 0 Å². The van der Waals surface area contributed by atoms with E-state index in [1.54, 1.807) is 7.11 Å². The van der Waals surface area contributed by atoms with E-state index in [4.69, 9.17) is 4.74 Å². The molecule has 1 aromatic rings. The topological polar surface area (TPSA) is 70.1 Å². The number of hydrogen-bond acceptors (Lipinski definition) is 5. The van der Waals surface area contributed by atoms with Crippen LogP contribution in [0.4, 0.5) is 0 Å². The Hall–Kier alpha value is -1.15. The van der Waals surface area contributed by atoms with E-state index in [0.717, 1.165) is 25.3 Å². The molecule has 1 aliphatic rings. The highest BCUT2D eigenvalue weighted by molar-refractivity contribution is 7.89. The van der Waals surface area contributed by atoms with E-state index in [1.807, 2.05) is 12.1 Å². The molecule has 1 unspecified atom stereocenters. The van der Waals surface area contributed by atoms with E-state index < -0.39 is 10.0 Å². The number of rotatable bonds is 10. The zero-order valence-electron chi connectivity index (χ0n) is 16.8. The van der Waals surface area contributed by atoms with Gasteiger partial charge in [-0.25, -0.2) is 12.7 Å². The summed E-state index contributed by atoms with van der Waals surface area (Å²) in [5.41, 5.74) is 1.25. The molecular formula is C20H34N2O4S. The molecule has 1 aromatic carbocycles. The van der Waals surface area contributed by atoms with Gasteiger partial charge >= 0.3 is 0 Å². The fraction of sp³-hybridized carbons (Fsp3) is 0.700. The first-order valence-corrected chi connectivity index (χ1v) is 11.5. The summed E-state index contributed by atoms with van der Waals surface area (Å²) in [5.74, 6) is 1.03. The first-order valence-electron chi connectivity index (χ1n) is 9.88. The number of nitrogens with zero attached hydrogens (tertiary/aromatic N) is 2. The second kappa shape index (κ2) is 10.4. The van der Waals surface area contributed by atoms with Crippen molar-refractivity contribution in [1.82, 2.24) is 9.21 Å². The van der Waals surface area contributed by atoms with Gasteiger partial charge in [-0.3, -0.25) is 0 Å². The number of ether oxygens (including phenoxy) is 1. The average Bonchev–Trinajstić information content (AvgIpc) is 2.66. The third-order valence-corrected chi connectivity index (χ3v) is 7.34. The number of likely N-dealkylation sites (N-methyl/N-ethyl adjacent to an activating group) is 1. The maximum atomic E-state index is 12.5. The Morgan fingerprint density at radius 2 is 1.89 bits per heavy atom. The number of piperidine rings is 1. The minimum atomic E-state index is -3.22. The molecule has 1 aliphatic heterocycles. The molecule has 2 rings (SSSR count). The third-order valence-electron chi connectivity index (χ3n) is 5.38. The zero-order valence-corrected chi connectivity index (χ0v) is 17.6. The molecule has 0 amide bonds. The van der Waals surface area contributed by atoms with Crippen LogP contribution in [0.15, 0.2) is 24.3 Å². The molecule has 154 valence electrons. The number of hydrogen-bond donors (Lipinski definition) is 1. The van der Waals surface area contributed by atoms with Crippen LogP contribution in [0.25, 0.3) is 0 Å². The predicted molar refractivity (Wildman–Crippen MR) is 109 cm³/mol. The summed E-state index contributed by atoms with van der Waals surface area (Å²) < 4.78 is 31.7. The second-order valence-corrected chi connectivity index (χ2v) is 9.42. The molecule has 1 fully saturated rings. The second-order valence-electron chi connectivity index (χ2n) is 7.33. The van der Waals surface area contributed by atoms with Crippen molar-refractivity contribution in [2.45, 2.75) is 51.7 Å². The van der Waals surface area contributed by atoms with Crippen LogP contribution in [0.2, 0.25) is 0 Å². The highest BCUT2D eigenvalue weighted by atomic mass is 32.2. The van der Waals surface area contributed by atoms with E-state index in [9.17, 15) is 13.5 Å². The summed E-state index contributed by atoms with van der Waals surface area (Å²) in [6.45, 7) is 6.85. The van der Waals surface area contributed by atoms with Crippen LogP contribution in [0.3, 0.4) is 0 Å². The molecule has 0 radical (unpaired) electrons. The third kappa shape index (κ3) is 6.75. The van der Waals surface area contributed by atoms with Gasteiger partial charge in [-0.05, 0) is 63.4 Å². The van der Waals surface area contributed by atoms with Gasteiger partial charge in [-0.1, -0.05) is 19.1 Å². The standard InChI is InChI=1S/C20H34N2O4S/c1-4-21(17(2)16-18-6-8-20(26-3)9-7-18)12-5-15-27(24,25)22-13-10-19(23)11-14-22/h6-9,17,19,23H,4-5,10-16H2,1-3H3. The first kappa shape index (κ1) is 22.1. The average molecular weight is 399 g/mol. The number of aliphatic hydroxyl groups excluding tert-OH is 1. The van der Waals surface area contributed by atoms with E-state index in [1.165, 1.54) is 9.87 Å². The minimum Gasteiger partial charge on any atom is -0.497 e. The van der Waals surface area contributed by atoms with Gasteiger partial charge < -0.3 is 14.7 Å². The maximum Gasteiger partial charge on any atom is 0.214 e. The molecule has 0 bridgehead atoms. The van der Waals surface area contributed by atoms with Gasteiger partial charge in [0.15, 0.2) is 0 Å². The normalized spacial score (nSPS) is 18.0. The Bertz CT molecular complexity index is 655. The monoisotopic (exact) mass is 398 g/mol. The van der Waals surface area contributed by atoms with Crippen molar-refractivity contribution in [3.8, 4) is 5.75 Å². The van der Waals surface area contributed by atoms with E-state index in [2.05, 4.69) is 30.9 Å². The number of methoxy groups -OCH3 is 1. The fourth-order valence-electron chi connectivity index (χ4n) is 3.62. The molecule has 1 heterocycles. The van der Waals surface area contributed by atoms with Crippen LogP contribution in [0, 0.1) is 0 Å². The molecule has 1 atom stereocenters. The molecule has 0 aliphatic carbocycles. The summed E-state index contributed by atoms with van der Waals surface area (Å²) in [6.07, 6.45) is 2.28. The lowest BCUT2D eigenvalue weighted by atomic mass is 10.1. The Morgan fingerprint density at radius 1 is 1.26 bits per heavy atom. The lowest BCUT2D eigenvalue weighted by Crippen LogP contribution is -2.42. The summed E-state index contributed by atoms with van der Waals surface area (Å²) in [4.78, 5) is 2.33. The summed E-state index contributed by atoms with van der Waals surface area (Å²) >= 11 is 0. The lowest BCUT2D eigenvalue weighted by molar-refractivity contribution is 0.113. The molecule has 27 heavy (non-hydrogen) atoms. The molecule has 1 N–H and O–H groups in total. The quantitative estimate of drug-likeness (QED) is 0.654. The predicted octanol–water partition coefficient (Wildman–Crippen LogP) is 2.12. The van der Waals surface area contributed by atoms with E-state index >= 15 is 0 Å². The van der Waals surface area contributed by atoms with Gasteiger partial charge in [-0.2, -0.15) is 0 Å². The van der Waals surface area contributed by atoms with Gasteiger partial charge in [0, 0.05) is 19.1 Å². The van der Waals surface area contributed by atoms with Crippen molar-refractivity contribution in [1.29, 1.82) is 0 Å². The molecule has 0 aromatic heterocycles. The van der Waals surface area contributed by atoms with Gasteiger partial charge in [0.2, 0.25) is 10.0 Å². The summed E-state index contributed by atoms with van der Waals surface area (Å²) in [5, 5.41) is 9.55. The van der Waals surface area contributed by atoms with Crippen molar-refractivity contribution in [3.05, 3.63) is 29.8 Å². The fourth-order valence-corrected chi connectivity index (χ4v) is 5.14. The van der Waals surface area contributed by atoms with E-state index in [0.29, 0.717) is 38.4 Å². The Morgan fingerprint density at radius 3 is 2.44 bits per heavy atom. The summed E-state index contributed by atoms with van der Waals surface area (Å²) in [7, 11) is -1.56. The van der Waals surface area contributed by atoms with E-state index in [-0.39, 0.29) is 11.9 Å². The van der Waals surface area contributed by atoms with Gasteiger partial charge in [0.05, 0.1) is 19.0 Å².